The Kier molecular flexibility index (Phi) is 2.98. The van der Waals surface area contributed by atoms with Gasteiger partial charge in [0.1, 0.15) is 0 Å². The average molecular weight is 231 g/mol. The second-order valence-electron chi connectivity index (χ2n) is 5.96. The monoisotopic (exact) mass is 231 g/mol. The van der Waals surface area contributed by atoms with Gasteiger partial charge in [-0.3, -0.25) is 4.79 Å². The molecule has 2 nitrogen and oxygen atoms in total. The van der Waals surface area contributed by atoms with Gasteiger partial charge in [-0.1, -0.05) is 39.0 Å². The van der Waals surface area contributed by atoms with Gasteiger partial charge in [0, 0.05) is 6.92 Å². The minimum absolute atomic E-state index is 0.0581. The number of amides is 1. The zero-order chi connectivity index (χ0) is 12.6. The topological polar surface area (TPSA) is 29.1 Å². The van der Waals surface area contributed by atoms with Crippen LogP contribution in [0.5, 0.6) is 0 Å². The first-order chi connectivity index (χ1) is 7.88. The fourth-order valence-electron chi connectivity index (χ4n) is 2.48. The molecule has 1 atom stereocenters. The second kappa shape index (κ2) is 4.17. The zero-order valence-electron chi connectivity index (χ0n) is 11.1. The molecule has 0 radical (unpaired) electrons. The summed E-state index contributed by atoms with van der Waals surface area (Å²) >= 11 is 0. The maximum absolute atomic E-state index is 11.1. The number of nitrogens with one attached hydrogen (secondary N) is 1. The van der Waals surface area contributed by atoms with Crippen molar-refractivity contribution in [2.45, 2.75) is 52.0 Å². The molecule has 0 spiro atoms. The molecule has 0 aromatic heterocycles. The molecule has 92 valence electrons. The lowest BCUT2D eigenvalue weighted by molar-refractivity contribution is -0.119. The van der Waals surface area contributed by atoms with Crippen molar-refractivity contribution in [2.24, 2.45) is 0 Å². The molecular formula is C15H21NO. The average Bonchev–Trinajstić information content (AvgIpc) is 2.59. The third-order valence-electron chi connectivity index (χ3n) is 3.46. The Hall–Kier alpha value is -1.31. The molecule has 1 aliphatic rings. The Morgan fingerprint density at radius 3 is 2.65 bits per heavy atom. The van der Waals surface area contributed by atoms with E-state index in [1.807, 2.05) is 0 Å². The van der Waals surface area contributed by atoms with Gasteiger partial charge >= 0.3 is 0 Å². The summed E-state index contributed by atoms with van der Waals surface area (Å²) in [6.07, 6.45) is 2.10. The first kappa shape index (κ1) is 12.2. The van der Waals surface area contributed by atoms with Crippen molar-refractivity contribution < 1.29 is 4.79 Å². The van der Waals surface area contributed by atoms with Crippen LogP contribution in [0.4, 0.5) is 0 Å². The van der Waals surface area contributed by atoms with Gasteiger partial charge in [0.05, 0.1) is 6.04 Å². The Labute approximate surface area is 103 Å². The van der Waals surface area contributed by atoms with E-state index in [1.165, 1.54) is 16.7 Å². The molecular weight excluding hydrogens is 210 g/mol. The van der Waals surface area contributed by atoms with Gasteiger partial charge in [0.15, 0.2) is 0 Å². The molecule has 1 amide bonds. The van der Waals surface area contributed by atoms with Crippen molar-refractivity contribution in [2.75, 3.05) is 0 Å². The SMILES string of the molecule is CC(=O)NC1CCc2cc(C(C)(C)C)ccc21. The van der Waals surface area contributed by atoms with Gasteiger partial charge in [-0.15, -0.1) is 0 Å². The molecule has 2 heteroatoms. The quantitative estimate of drug-likeness (QED) is 0.790. The van der Waals surface area contributed by atoms with E-state index in [0.29, 0.717) is 0 Å². The molecule has 0 heterocycles. The maximum atomic E-state index is 11.1. The van der Waals surface area contributed by atoms with Crippen molar-refractivity contribution in [1.82, 2.24) is 5.32 Å². The molecule has 0 fully saturated rings. The number of carbonyl (C=O) groups excluding carboxylic acids is 1. The van der Waals surface area contributed by atoms with E-state index in [1.54, 1.807) is 6.92 Å². The summed E-state index contributed by atoms with van der Waals surface area (Å²) in [6.45, 7) is 8.28. The van der Waals surface area contributed by atoms with Crippen LogP contribution in [-0.2, 0) is 16.6 Å². The molecule has 1 unspecified atom stereocenters. The molecule has 0 saturated carbocycles. The molecule has 1 aromatic carbocycles. The van der Waals surface area contributed by atoms with Gasteiger partial charge in [0.2, 0.25) is 5.91 Å². The summed E-state index contributed by atoms with van der Waals surface area (Å²) in [7, 11) is 0. The van der Waals surface area contributed by atoms with E-state index in [0.717, 1.165) is 12.8 Å². The fraction of sp³-hybridized carbons (Fsp3) is 0.533. The van der Waals surface area contributed by atoms with Gasteiger partial charge in [-0.05, 0) is 34.9 Å². The zero-order valence-corrected chi connectivity index (χ0v) is 11.1. The lowest BCUT2D eigenvalue weighted by Gasteiger charge is -2.20. The predicted octanol–water partition coefficient (Wildman–Crippen LogP) is 3.11. The highest BCUT2D eigenvalue weighted by Crippen LogP contribution is 2.34. The van der Waals surface area contributed by atoms with Crippen molar-refractivity contribution >= 4 is 5.91 Å². The van der Waals surface area contributed by atoms with Crippen molar-refractivity contribution in [1.29, 1.82) is 0 Å². The van der Waals surface area contributed by atoms with Gasteiger partial charge in [-0.2, -0.15) is 0 Å². The van der Waals surface area contributed by atoms with Crippen molar-refractivity contribution in [3.8, 4) is 0 Å². The third kappa shape index (κ3) is 2.51. The highest BCUT2D eigenvalue weighted by atomic mass is 16.1. The van der Waals surface area contributed by atoms with Crippen molar-refractivity contribution in [3.63, 3.8) is 0 Å². The number of aryl methyl sites for hydroxylation is 1. The largest absolute Gasteiger partial charge is 0.350 e. The summed E-state index contributed by atoms with van der Waals surface area (Å²) in [5, 5.41) is 3.02. The summed E-state index contributed by atoms with van der Waals surface area (Å²) in [6, 6.07) is 6.90. The lowest BCUT2D eigenvalue weighted by atomic mass is 9.85. The minimum atomic E-state index is 0.0581. The van der Waals surface area contributed by atoms with Gasteiger partial charge in [-0.25, -0.2) is 0 Å². The first-order valence-electron chi connectivity index (χ1n) is 6.28. The Morgan fingerprint density at radius 1 is 1.35 bits per heavy atom. The number of fused-ring (bicyclic) bond motifs is 1. The number of hydrogen-bond acceptors (Lipinski definition) is 1. The predicted molar refractivity (Wildman–Crippen MR) is 70.0 cm³/mol. The smallest absolute Gasteiger partial charge is 0.217 e. The van der Waals surface area contributed by atoms with Crippen LogP contribution in [-0.4, -0.2) is 5.91 Å². The standard InChI is InChI=1S/C15H21NO/c1-10(17)16-14-8-5-11-9-12(15(2,3)4)6-7-13(11)14/h6-7,9,14H,5,8H2,1-4H3,(H,16,17). The number of hydrogen-bond donors (Lipinski definition) is 1. The second-order valence-corrected chi connectivity index (χ2v) is 5.96. The summed E-state index contributed by atoms with van der Waals surface area (Å²) in [4.78, 5) is 11.1. The molecule has 1 aliphatic carbocycles. The molecule has 2 rings (SSSR count). The number of carbonyl (C=O) groups is 1. The summed E-state index contributed by atoms with van der Waals surface area (Å²) in [5.41, 5.74) is 4.27. The summed E-state index contributed by atoms with van der Waals surface area (Å²) in [5.74, 6) is 0.0581. The van der Waals surface area contributed by atoms with Crippen LogP contribution in [0.15, 0.2) is 18.2 Å². The first-order valence-corrected chi connectivity index (χ1v) is 6.28. The van der Waals surface area contributed by atoms with Crippen LogP contribution >= 0.6 is 0 Å². The number of rotatable bonds is 1. The molecule has 1 aromatic rings. The van der Waals surface area contributed by atoms with Crippen LogP contribution in [0.1, 0.15) is 56.8 Å². The van der Waals surface area contributed by atoms with E-state index in [-0.39, 0.29) is 17.4 Å². The van der Waals surface area contributed by atoms with Crippen molar-refractivity contribution in [3.05, 3.63) is 34.9 Å². The van der Waals surface area contributed by atoms with Gasteiger partial charge in [0.25, 0.3) is 0 Å². The van der Waals surface area contributed by atoms with Crippen LogP contribution in [0, 0.1) is 0 Å². The molecule has 0 saturated heterocycles. The Bertz CT molecular complexity index is 443. The maximum Gasteiger partial charge on any atom is 0.217 e. The van der Waals surface area contributed by atoms with E-state index in [9.17, 15) is 4.79 Å². The normalized spacial score (nSPS) is 18.9. The van der Waals surface area contributed by atoms with Crippen LogP contribution in [0.3, 0.4) is 0 Å². The van der Waals surface area contributed by atoms with Crippen LogP contribution < -0.4 is 5.32 Å². The Balaban J connectivity index is 2.29. The fourth-order valence-corrected chi connectivity index (χ4v) is 2.48. The molecule has 0 aliphatic heterocycles. The highest BCUT2D eigenvalue weighted by Gasteiger charge is 2.24. The van der Waals surface area contributed by atoms with E-state index in [4.69, 9.17) is 0 Å². The van der Waals surface area contributed by atoms with Crippen LogP contribution in [0.25, 0.3) is 0 Å². The van der Waals surface area contributed by atoms with Crippen LogP contribution in [0.2, 0.25) is 0 Å². The minimum Gasteiger partial charge on any atom is -0.350 e. The Morgan fingerprint density at radius 2 is 2.06 bits per heavy atom. The third-order valence-corrected chi connectivity index (χ3v) is 3.46. The highest BCUT2D eigenvalue weighted by molar-refractivity contribution is 5.73. The van der Waals surface area contributed by atoms with E-state index in [2.05, 4.69) is 44.3 Å². The van der Waals surface area contributed by atoms with E-state index >= 15 is 0 Å². The van der Waals surface area contributed by atoms with Gasteiger partial charge < -0.3 is 5.32 Å². The summed E-state index contributed by atoms with van der Waals surface area (Å²) < 4.78 is 0. The molecule has 1 N–H and O–H groups in total. The molecule has 0 bridgehead atoms. The van der Waals surface area contributed by atoms with E-state index < -0.39 is 0 Å². The lowest BCUT2D eigenvalue weighted by Crippen LogP contribution is -2.24. The number of benzene rings is 1. The molecule has 17 heavy (non-hydrogen) atoms.